The summed E-state index contributed by atoms with van der Waals surface area (Å²) in [5.74, 6) is 3.22. The van der Waals surface area contributed by atoms with Gasteiger partial charge in [-0.25, -0.2) is 0 Å². The average molecular weight is 476 g/mol. The first kappa shape index (κ1) is 23.6. The number of terminal acetylenes is 1. The average Bonchev–Trinajstić information content (AvgIpc) is 3.38. The van der Waals surface area contributed by atoms with Crippen molar-refractivity contribution in [1.82, 2.24) is 10.3 Å². The molecule has 1 aliphatic rings. The quantitative estimate of drug-likeness (QED) is 0.393. The molecule has 1 amide bonds. The number of aromatic nitrogens is 1. The number of pyridine rings is 1. The lowest BCUT2D eigenvalue weighted by molar-refractivity contribution is -0.137. The third-order valence-electron chi connectivity index (χ3n) is 4.92. The van der Waals surface area contributed by atoms with E-state index in [-0.39, 0.29) is 11.3 Å². The Bertz CT molecular complexity index is 1360. The Kier molecular flexibility index (Phi) is 6.83. The summed E-state index contributed by atoms with van der Waals surface area (Å²) in [5.41, 5.74) is 0.0420. The zero-order valence-electron chi connectivity index (χ0n) is 18.3. The number of rotatable bonds is 6. The van der Waals surface area contributed by atoms with E-state index >= 15 is 0 Å². The van der Waals surface area contributed by atoms with Crippen LogP contribution in [0.1, 0.15) is 22.4 Å². The molecular weight excluding hydrogens is 457 g/mol. The van der Waals surface area contributed by atoms with Gasteiger partial charge in [-0.2, -0.15) is 13.2 Å². The number of anilines is 1. The van der Waals surface area contributed by atoms with Crippen LogP contribution in [-0.2, 0) is 11.0 Å². The van der Waals surface area contributed by atoms with Gasteiger partial charge in [0, 0.05) is 36.1 Å². The Hall–Kier alpha value is -4.58. The molecule has 35 heavy (non-hydrogen) atoms. The van der Waals surface area contributed by atoms with Crippen molar-refractivity contribution in [3.63, 3.8) is 0 Å². The van der Waals surface area contributed by atoms with Gasteiger partial charge in [0.25, 0.3) is 0 Å². The summed E-state index contributed by atoms with van der Waals surface area (Å²) in [5, 5.41) is 5.57. The van der Waals surface area contributed by atoms with E-state index in [1.165, 1.54) is 18.2 Å². The highest BCUT2D eigenvalue weighted by molar-refractivity contribution is 6.02. The Morgan fingerprint density at radius 2 is 1.97 bits per heavy atom. The first-order valence-electron chi connectivity index (χ1n) is 10.5. The van der Waals surface area contributed by atoms with Crippen LogP contribution in [0.25, 0.3) is 6.08 Å². The summed E-state index contributed by atoms with van der Waals surface area (Å²) in [6.45, 7) is 1.47. The fraction of sp³-hybridized carbons (Fsp3) is 0.115. The van der Waals surface area contributed by atoms with Crippen LogP contribution in [0, 0.1) is 12.3 Å². The maximum Gasteiger partial charge on any atom is 0.417 e. The second kappa shape index (κ2) is 10.1. The van der Waals surface area contributed by atoms with Crippen molar-refractivity contribution in [2.75, 3.05) is 18.4 Å². The first-order chi connectivity index (χ1) is 16.8. The third-order valence-corrected chi connectivity index (χ3v) is 4.92. The van der Waals surface area contributed by atoms with Crippen LogP contribution in [0.15, 0.2) is 71.9 Å². The Morgan fingerprint density at radius 1 is 1.14 bits per heavy atom. The van der Waals surface area contributed by atoms with Crippen molar-refractivity contribution in [3.05, 3.63) is 89.3 Å². The van der Waals surface area contributed by atoms with Crippen LogP contribution < -0.4 is 15.4 Å². The smallest absolute Gasteiger partial charge is 0.417 e. The van der Waals surface area contributed by atoms with Crippen LogP contribution in [0.5, 0.6) is 11.5 Å². The van der Waals surface area contributed by atoms with Gasteiger partial charge in [-0.05, 0) is 48.0 Å². The van der Waals surface area contributed by atoms with Crippen molar-refractivity contribution in [1.29, 1.82) is 0 Å². The number of hydrogen-bond acceptors (Lipinski definition) is 5. The van der Waals surface area contributed by atoms with Gasteiger partial charge in [0.2, 0.25) is 5.91 Å². The third kappa shape index (κ3) is 6.06. The molecule has 1 aromatic heterocycles. The number of amidine groups is 1. The molecule has 2 aromatic carbocycles. The number of benzene rings is 2. The van der Waals surface area contributed by atoms with Crippen LogP contribution in [-0.4, -0.2) is 29.8 Å². The van der Waals surface area contributed by atoms with Gasteiger partial charge in [0.1, 0.15) is 23.0 Å². The number of carbonyl (C=O) groups excluding carboxylic acids is 1. The summed E-state index contributed by atoms with van der Waals surface area (Å²) in [7, 11) is 0. The number of nitrogens with one attached hydrogen (secondary N) is 2. The van der Waals surface area contributed by atoms with Gasteiger partial charge < -0.3 is 15.4 Å². The van der Waals surface area contributed by atoms with Crippen molar-refractivity contribution < 1.29 is 22.7 Å². The minimum atomic E-state index is -4.63. The number of amides is 1. The minimum absolute atomic E-state index is 0.0158. The zero-order valence-corrected chi connectivity index (χ0v) is 18.3. The molecule has 0 aliphatic carbocycles. The van der Waals surface area contributed by atoms with Crippen LogP contribution in [0.2, 0.25) is 0 Å². The predicted molar refractivity (Wildman–Crippen MR) is 127 cm³/mol. The second-order valence-corrected chi connectivity index (χ2v) is 7.43. The van der Waals surface area contributed by atoms with E-state index in [9.17, 15) is 18.0 Å². The molecule has 0 spiro atoms. The molecule has 4 rings (SSSR count). The van der Waals surface area contributed by atoms with E-state index < -0.39 is 17.6 Å². The Morgan fingerprint density at radius 3 is 2.71 bits per heavy atom. The molecule has 9 heteroatoms. The van der Waals surface area contributed by atoms with Gasteiger partial charge in [0.15, 0.2) is 0 Å². The Balaban J connectivity index is 1.43. The molecule has 2 N–H and O–H groups in total. The second-order valence-electron chi connectivity index (χ2n) is 7.43. The van der Waals surface area contributed by atoms with Crippen molar-refractivity contribution in [2.45, 2.75) is 6.18 Å². The molecule has 0 saturated carbocycles. The number of ether oxygens (including phenoxy) is 1. The molecule has 0 bridgehead atoms. The molecule has 3 aromatic rings. The first-order valence-corrected chi connectivity index (χ1v) is 10.5. The van der Waals surface area contributed by atoms with Gasteiger partial charge in [0.05, 0.1) is 12.1 Å². The van der Waals surface area contributed by atoms with E-state index in [4.69, 9.17) is 11.2 Å². The zero-order chi connectivity index (χ0) is 24.8. The summed E-state index contributed by atoms with van der Waals surface area (Å²) in [6, 6.07) is 13.8. The van der Waals surface area contributed by atoms with Gasteiger partial charge in [-0.3, -0.25) is 14.8 Å². The van der Waals surface area contributed by atoms with Crippen molar-refractivity contribution >= 4 is 23.5 Å². The molecular formula is C26H19F3N4O2. The van der Waals surface area contributed by atoms with Gasteiger partial charge in [-0.15, -0.1) is 6.42 Å². The molecule has 0 radical (unpaired) electrons. The largest absolute Gasteiger partial charge is 0.457 e. The molecule has 0 fully saturated rings. The van der Waals surface area contributed by atoms with Gasteiger partial charge in [-0.1, -0.05) is 18.1 Å². The van der Waals surface area contributed by atoms with Crippen LogP contribution in [0.4, 0.5) is 18.9 Å². The lowest BCUT2D eigenvalue weighted by Crippen LogP contribution is -2.20. The highest BCUT2D eigenvalue weighted by Crippen LogP contribution is 2.33. The fourth-order valence-corrected chi connectivity index (χ4v) is 3.33. The lowest BCUT2D eigenvalue weighted by Gasteiger charge is -2.11. The standard InChI is InChI=1S/C26H19F3N4O2/c1-2-18-7-8-19(15-22(18)26(27,28)29)33-24(34)9-6-17-4-3-5-20(14-17)35-21-10-11-30-23(16-21)25-31-12-13-32-25/h1,3-11,14-16H,12-13H2,(H,31,32)(H,33,34). The summed E-state index contributed by atoms with van der Waals surface area (Å²) >= 11 is 0. The molecule has 176 valence electrons. The van der Waals surface area contributed by atoms with Gasteiger partial charge >= 0.3 is 6.18 Å². The number of halogens is 3. The maximum atomic E-state index is 13.2. The molecule has 0 saturated heterocycles. The molecule has 0 unspecified atom stereocenters. The summed E-state index contributed by atoms with van der Waals surface area (Å²) in [4.78, 5) is 20.9. The topological polar surface area (TPSA) is 75.6 Å². The van der Waals surface area contributed by atoms with Crippen LogP contribution in [0.3, 0.4) is 0 Å². The molecule has 0 atom stereocenters. The minimum Gasteiger partial charge on any atom is -0.457 e. The van der Waals surface area contributed by atoms with Crippen molar-refractivity contribution in [3.8, 4) is 23.8 Å². The molecule has 1 aliphatic heterocycles. The van der Waals surface area contributed by atoms with Crippen molar-refractivity contribution in [2.24, 2.45) is 4.99 Å². The summed E-state index contributed by atoms with van der Waals surface area (Å²) < 4.78 is 45.4. The maximum absolute atomic E-state index is 13.2. The van der Waals surface area contributed by atoms with E-state index in [0.29, 0.717) is 29.3 Å². The Labute approximate surface area is 199 Å². The monoisotopic (exact) mass is 476 g/mol. The highest BCUT2D eigenvalue weighted by Gasteiger charge is 2.33. The normalized spacial score (nSPS) is 13.1. The van der Waals surface area contributed by atoms with E-state index in [2.05, 4.69) is 20.6 Å². The van der Waals surface area contributed by atoms with E-state index in [1.54, 1.807) is 42.6 Å². The number of alkyl halides is 3. The molecule has 2 heterocycles. The highest BCUT2D eigenvalue weighted by atomic mass is 19.4. The lowest BCUT2D eigenvalue weighted by atomic mass is 10.1. The predicted octanol–water partition coefficient (Wildman–Crippen LogP) is 4.88. The number of nitrogens with zero attached hydrogens (tertiary/aromatic N) is 2. The van der Waals surface area contributed by atoms with Crippen LogP contribution >= 0.6 is 0 Å². The molecule has 6 nitrogen and oxygen atoms in total. The summed E-state index contributed by atoms with van der Waals surface area (Å²) in [6.07, 6.45) is 4.88. The van der Waals surface area contributed by atoms with E-state index in [0.717, 1.165) is 24.5 Å². The fourth-order valence-electron chi connectivity index (χ4n) is 3.33. The number of hydrogen-bond donors (Lipinski definition) is 2. The SMILES string of the molecule is C#Cc1ccc(NC(=O)C=Cc2cccc(Oc3ccnc(C4=NCCN4)c3)c2)cc1C(F)(F)F. The number of aliphatic imine (C=N–C) groups is 1. The van der Waals surface area contributed by atoms with E-state index in [1.807, 2.05) is 5.92 Å². The number of carbonyl (C=O) groups is 1.